The fourth-order valence-electron chi connectivity index (χ4n) is 1.56. The van der Waals surface area contributed by atoms with E-state index in [9.17, 15) is 9.46 Å². The zero-order valence-corrected chi connectivity index (χ0v) is 8.43. The predicted molar refractivity (Wildman–Crippen MR) is 48.3 cm³/mol. The van der Waals surface area contributed by atoms with Crippen molar-refractivity contribution in [1.82, 2.24) is 0 Å². The standard InChI is InChI=1S/C8H17O3P/c1-2-7-11-12(9,10)8-5-3-4-6-8/h8H,2-7H2,1H3,(H,9,10). The number of rotatable bonds is 4. The van der Waals surface area contributed by atoms with Gasteiger partial charge in [0.25, 0.3) is 0 Å². The summed E-state index contributed by atoms with van der Waals surface area (Å²) in [5, 5.41) is 0. The fourth-order valence-corrected chi connectivity index (χ4v) is 3.23. The highest BCUT2D eigenvalue weighted by Gasteiger charge is 2.34. The van der Waals surface area contributed by atoms with Gasteiger partial charge in [-0.25, -0.2) is 0 Å². The Hall–Kier alpha value is 0.150. The first-order valence-electron chi connectivity index (χ1n) is 4.64. The summed E-state index contributed by atoms with van der Waals surface area (Å²) in [5.74, 6) is 0. The molecule has 3 nitrogen and oxygen atoms in total. The van der Waals surface area contributed by atoms with E-state index in [1.807, 2.05) is 6.92 Å². The molecule has 1 unspecified atom stereocenters. The molecule has 1 rings (SSSR count). The molecule has 0 spiro atoms. The highest BCUT2D eigenvalue weighted by atomic mass is 31.2. The average Bonchev–Trinajstić information content (AvgIpc) is 2.53. The lowest BCUT2D eigenvalue weighted by Gasteiger charge is -2.17. The maximum Gasteiger partial charge on any atom is 0.331 e. The summed E-state index contributed by atoms with van der Waals surface area (Å²) in [6, 6.07) is 0. The zero-order chi connectivity index (χ0) is 9.03. The van der Waals surface area contributed by atoms with Crippen LogP contribution in [0.25, 0.3) is 0 Å². The molecule has 0 bridgehead atoms. The van der Waals surface area contributed by atoms with E-state index >= 15 is 0 Å². The van der Waals surface area contributed by atoms with Crippen LogP contribution in [0.2, 0.25) is 0 Å². The summed E-state index contributed by atoms with van der Waals surface area (Å²) in [7, 11) is -3.26. The molecule has 72 valence electrons. The first kappa shape index (κ1) is 10.2. The Balaban J connectivity index is 2.40. The van der Waals surface area contributed by atoms with E-state index in [1.165, 1.54) is 0 Å². The van der Waals surface area contributed by atoms with E-state index in [1.54, 1.807) is 0 Å². The van der Waals surface area contributed by atoms with E-state index in [2.05, 4.69) is 0 Å². The van der Waals surface area contributed by atoms with Gasteiger partial charge in [-0.15, -0.1) is 0 Å². The van der Waals surface area contributed by atoms with Crippen molar-refractivity contribution in [3.63, 3.8) is 0 Å². The van der Waals surface area contributed by atoms with Crippen LogP contribution in [0.5, 0.6) is 0 Å². The van der Waals surface area contributed by atoms with Crippen LogP contribution in [0.4, 0.5) is 0 Å². The molecular weight excluding hydrogens is 175 g/mol. The molecule has 0 radical (unpaired) electrons. The number of hydrogen-bond donors (Lipinski definition) is 1. The van der Waals surface area contributed by atoms with Gasteiger partial charge in [0, 0.05) is 0 Å². The Morgan fingerprint density at radius 2 is 2.08 bits per heavy atom. The Labute approximate surface area is 73.7 Å². The lowest BCUT2D eigenvalue weighted by atomic mass is 10.4. The second-order valence-corrected chi connectivity index (χ2v) is 5.45. The van der Waals surface area contributed by atoms with Crippen molar-refractivity contribution in [2.75, 3.05) is 6.61 Å². The highest BCUT2D eigenvalue weighted by Crippen LogP contribution is 2.53. The lowest BCUT2D eigenvalue weighted by Crippen LogP contribution is -2.05. The van der Waals surface area contributed by atoms with Gasteiger partial charge in [-0.3, -0.25) is 4.57 Å². The third kappa shape index (κ3) is 2.58. The summed E-state index contributed by atoms with van der Waals surface area (Å²) >= 11 is 0. The van der Waals surface area contributed by atoms with Crippen molar-refractivity contribution < 1.29 is 14.0 Å². The van der Waals surface area contributed by atoms with Crippen LogP contribution in [-0.2, 0) is 9.09 Å². The topological polar surface area (TPSA) is 46.5 Å². The highest BCUT2D eigenvalue weighted by molar-refractivity contribution is 7.53. The fraction of sp³-hybridized carbons (Fsp3) is 1.00. The van der Waals surface area contributed by atoms with Crippen LogP contribution in [0, 0.1) is 0 Å². The van der Waals surface area contributed by atoms with Crippen molar-refractivity contribution in [3.05, 3.63) is 0 Å². The Bertz CT molecular complexity index is 175. The lowest BCUT2D eigenvalue weighted by molar-refractivity contribution is 0.251. The maximum absolute atomic E-state index is 11.5. The summed E-state index contributed by atoms with van der Waals surface area (Å²) in [5.41, 5.74) is -0.0796. The van der Waals surface area contributed by atoms with Gasteiger partial charge in [0.1, 0.15) is 0 Å². The molecule has 1 saturated carbocycles. The minimum atomic E-state index is -3.26. The number of hydrogen-bond acceptors (Lipinski definition) is 2. The Kier molecular flexibility index (Phi) is 3.76. The van der Waals surface area contributed by atoms with Gasteiger partial charge >= 0.3 is 7.60 Å². The Morgan fingerprint density at radius 3 is 2.58 bits per heavy atom. The maximum atomic E-state index is 11.5. The largest absolute Gasteiger partial charge is 0.331 e. The molecule has 12 heavy (non-hydrogen) atoms. The molecular formula is C8H17O3P. The molecule has 0 saturated heterocycles. The van der Waals surface area contributed by atoms with E-state index in [4.69, 9.17) is 4.52 Å². The third-order valence-corrected chi connectivity index (χ3v) is 4.26. The average molecular weight is 192 g/mol. The molecule has 0 heterocycles. The van der Waals surface area contributed by atoms with Crippen LogP contribution >= 0.6 is 7.60 Å². The summed E-state index contributed by atoms with van der Waals surface area (Å²) in [4.78, 5) is 9.48. The molecule has 0 aromatic carbocycles. The zero-order valence-electron chi connectivity index (χ0n) is 7.53. The smallest absolute Gasteiger partial charge is 0.324 e. The van der Waals surface area contributed by atoms with Crippen LogP contribution < -0.4 is 0 Å². The molecule has 4 heteroatoms. The van der Waals surface area contributed by atoms with E-state index in [0.717, 1.165) is 32.1 Å². The molecule has 1 aliphatic rings. The summed E-state index contributed by atoms with van der Waals surface area (Å²) < 4.78 is 16.5. The molecule has 0 aromatic rings. The first-order chi connectivity index (χ1) is 5.67. The molecule has 0 amide bonds. The van der Waals surface area contributed by atoms with Crippen LogP contribution in [-0.4, -0.2) is 17.2 Å². The van der Waals surface area contributed by atoms with Crippen molar-refractivity contribution >= 4 is 7.60 Å². The van der Waals surface area contributed by atoms with Gasteiger partial charge < -0.3 is 9.42 Å². The van der Waals surface area contributed by atoms with E-state index in [-0.39, 0.29) is 5.66 Å². The second-order valence-electron chi connectivity index (χ2n) is 3.34. The summed E-state index contributed by atoms with van der Waals surface area (Å²) in [6.45, 7) is 2.35. The molecule has 0 aromatic heterocycles. The van der Waals surface area contributed by atoms with Gasteiger partial charge in [-0.1, -0.05) is 19.8 Å². The first-order valence-corrected chi connectivity index (χ1v) is 6.28. The second kappa shape index (κ2) is 4.40. The molecule has 0 aliphatic heterocycles. The van der Waals surface area contributed by atoms with Crippen LogP contribution in [0.15, 0.2) is 0 Å². The minimum Gasteiger partial charge on any atom is -0.324 e. The predicted octanol–water partition coefficient (Wildman–Crippen LogP) is 2.54. The van der Waals surface area contributed by atoms with Crippen molar-refractivity contribution in [2.24, 2.45) is 0 Å². The SMILES string of the molecule is CCCOP(=O)(O)C1CCCC1. The normalized spacial score (nSPS) is 24.2. The molecule has 1 N–H and O–H groups in total. The summed E-state index contributed by atoms with van der Waals surface area (Å²) in [6.07, 6.45) is 4.67. The van der Waals surface area contributed by atoms with Crippen LogP contribution in [0.3, 0.4) is 0 Å². The van der Waals surface area contributed by atoms with Crippen molar-refractivity contribution in [1.29, 1.82) is 0 Å². The van der Waals surface area contributed by atoms with Gasteiger partial charge in [0.05, 0.1) is 12.3 Å². The third-order valence-electron chi connectivity index (χ3n) is 2.27. The van der Waals surface area contributed by atoms with Gasteiger partial charge in [-0.05, 0) is 19.3 Å². The Morgan fingerprint density at radius 1 is 1.50 bits per heavy atom. The van der Waals surface area contributed by atoms with Gasteiger partial charge in [-0.2, -0.15) is 0 Å². The van der Waals surface area contributed by atoms with E-state index < -0.39 is 7.60 Å². The van der Waals surface area contributed by atoms with Gasteiger partial charge in [0.15, 0.2) is 0 Å². The van der Waals surface area contributed by atoms with Crippen LogP contribution in [0.1, 0.15) is 39.0 Å². The molecule has 1 fully saturated rings. The monoisotopic (exact) mass is 192 g/mol. The molecule has 1 atom stereocenters. The van der Waals surface area contributed by atoms with E-state index in [0.29, 0.717) is 6.61 Å². The quantitative estimate of drug-likeness (QED) is 0.696. The van der Waals surface area contributed by atoms with Crippen molar-refractivity contribution in [2.45, 2.75) is 44.7 Å². The minimum absolute atomic E-state index is 0.0796. The van der Waals surface area contributed by atoms with Gasteiger partial charge in [0.2, 0.25) is 0 Å². The molecule has 1 aliphatic carbocycles. The van der Waals surface area contributed by atoms with Crippen molar-refractivity contribution in [3.8, 4) is 0 Å².